The van der Waals surface area contributed by atoms with Crippen molar-refractivity contribution < 1.29 is 23.9 Å². The number of carbonyl (C=O) groups excluding carboxylic acids is 3. The van der Waals surface area contributed by atoms with Gasteiger partial charge in [0.05, 0.1) is 54.8 Å². The van der Waals surface area contributed by atoms with Crippen LogP contribution in [0.2, 0.25) is 0 Å². The minimum Gasteiger partial charge on any atom is -0.453 e. The Morgan fingerprint density at radius 2 is 1.23 bits per heavy atom. The van der Waals surface area contributed by atoms with E-state index in [1.54, 1.807) is 30.4 Å². The molecule has 3 amide bonds. The molecule has 298 valence electrons. The lowest BCUT2D eigenvalue weighted by Crippen LogP contribution is -2.54. The summed E-state index contributed by atoms with van der Waals surface area (Å²) in [6.45, 7) is 7.10. The molecule has 0 saturated carbocycles. The normalized spacial score (nSPS) is 18.4. The van der Waals surface area contributed by atoms with Gasteiger partial charge in [0.1, 0.15) is 23.7 Å². The molecule has 4 N–H and O–H groups in total. The molecule has 2 aliphatic heterocycles. The van der Waals surface area contributed by atoms with Crippen molar-refractivity contribution >= 4 is 23.6 Å². The number of H-pyrrole nitrogens is 2. The molecule has 5 heterocycles. The molecule has 0 aliphatic carbocycles. The van der Waals surface area contributed by atoms with E-state index in [0.717, 1.165) is 70.8 Å². The topological polar surface area (TPSA) is 170 Å². The van der Waals surface area contributed by atoms with Crippen molar-refractivity contribution in [3.8, 4) is 33.6 Å². The third kappa shape index (κ3) is 8.55. The van der Waals surface area contributed by atoms with E-state index in [2.05, 4.69) is 92.9 Å². The number of methoxy groups -OCH3 is 2. The van der Waals surface area contributed by atoms with Gasteiger partial charge in [0.2, 0.25) is 11.8 Å². The van der Waals surface area contributed by atoms with Crippen molar-refractivity contribution in [2.75, 3.05) is 32.6 Å². The monoisotopic (exact) mass is 773 g/mol. The van der Waals surface area contributed by atoms with Gasteiger partial charge in [-0.2, -0.15) is 0 Å². The number of aromatic nitrogens is 5. The molecule has 2 aromatic carbocycles. The maximum atomic E-state index is 13.9. The molecular formula is C43H51N9O5. The molecule has 14 nitrogen and oxygen atoms in total. The highest BCUT2D eigenvalue weighted by Gasteiger charge is 2.39. The minimum absolute atomic E-state index is 0.0718. The van der Waals surface area contributed by atoms with Crippen LogP contribution in [0.15, 0.2) is 85.5 Å². The van der Waals surface area contributed by atoms with E-state index in [4.69, 9.17) is 14.5 Å². The highest BCUT2D eigenvalue weighted by molar-refractivity contribution is 5.87. The summed E-state index contributed by atoms with van der Waals surface area (Å²) in [5.41, 5.74) is 6.71. The first-order valence-corrected chi connectivity index (χ1v) is 19.6. The van der Waals surface area contributed by atoms with Gasteiger partial charge in [-0.05, 0) is 72.9 Å². The van der Waals surface area contributed by atoms with Gasteiger partial charge in [0.25, 0.3) is 0 Å². The first-order valence-electron chi connectivity index (χ1n) is 19.6. The molecule has 0 spiro atoms. The number of carbonyl (C=O) groups is 3. The standard InChI is InChI=1S/C43H51N9O5/c1-26(2)37(47-32-9-6-20-44-23-32)41(53)51-21-7-10-35(51)39-45-24-33(48-39)30-16-12-28(13-17-30)29-14-18-31(19-15-29)34-25-46-40(49-34)36-11-8-22-52(36)42(54)38(27(3)56-4)50-43(55)57-5/h6,9,12-20,23-27,35-38,47H,7-8,10-11,21-22H2,1-5H3,(H,45,48)(H,46,49)(H,50,55)/t27-,35+,36+,37+,38+/m1/s1. The van der Waals surface area contributed by atoms with Crippen LogP contribution >= 0.6 is 0 Å². The fourth-order valence-electron chi connectivity index (χ4n) is 7.82. The largest absolute Gasteiger partial charge is 0.453 e. The van der Waals surface area contributed by atoms with Crippen molar-refractivity contribution in [2.24, 2.45) is 5.92 Å². The summed E-state index contributed by atoms with van der Waals surface area (Å²) in [5.74, 6) is 1.42. The van der Waals surface area contributed by atoms with Gasteiger partial charge < -0.3 is 39.9 Å². The molecule has 2 fully saturated rings. The van der Waals surface area contributed by atoms with Gasteiger partial charge in [-0.25, -0.2) is 14.8 Å². The Morgan fingerprint density at radius 3 is 1.68 bits per heavy atom. The first-order chi connectivity index (χ1) is 27.6. The molecule has 0 radical (unpaired) electrons. The van der Waals surface area contributed by atoms with Crippen LogP contribution in [0, 0.1) is 5.92 Å². The Kier molecular flexibility index (Phi) is 12.0. The predicted octanol–water partition coefficient (Wildman–Crippen LogP) is 6.75. The number of pyridine rings is 1. The highest BCUT2D eigenvalue weighted by atomic mass is 16.5. The van der Waals surface area contributed by atoms with E-state index in [-0.39, 0.29) is 35.9 Å². The van der Waals surface area contributed by atoms with Gasteiger partial charge in [-0.15, -0.1) is 0 Å². The highest BCUT2D eigenvalue weighted by Crippen LogP contribution is 2.35. The van der Waals surface area contributed by atoms with Crippen molar-refractivity contribution in [3.63, 3.8) is 0 Å². The van der Waals surface area contributed by atoms with Crippen LogP contribution in [0.25, 0.3) is 33.6 Å². The summed E-state index contributed by atoms with van der Waals surface area (Å²) in [4.78, 5) is 63.8. The average molecular weight is 774 g/mol. The summed E-state index contributed by atoms with van der Waals surface area (Å²) in [5, 5.41) is 6.03. The Balaban J connectivity index is 0.998. The van der Waals surface area contributed by atoms with Gasteiger partial charge in [0.15, 0.2) is 0 Å². The Hall–Kier alpha value is -6.02. The average Bonchev–Trinajstić information content (AvgIpc) is 4.08. The zero-order valence-corrected chi connectivity index (χ0v) is 33.1. The van der Waals surface area contributed by atoms with E-state index < -0.39 is 18.2 Å². The van der Waals surface area contributed by atoms with E-state index in [0.29, 0.717) is 18.9 Å². The smallest absolute Gasteiger partial charge is 0.407 e. The van der Waals surface area contributed by atoms with Crippen LogP contribution in [0.1, 0.15) is 70.2 Å². The number of nitrogens with one attached hydrogen (secondary N) is 4. The lowest BCUT2D eigenvalue weighted by molar-refractivity contribution is -0.137. The van der Waals surface area contributed by atoms with Crippen LogP contribution in [-0.4, -0.2) is 98.1 Å². The minimum atomic E-state index is -0.888. The van der Waals surface area contributed by atoms with Crippen LogP contribution < -0.4 is 10.6 Å². The summed E-state index contributed by atoms with van der Waals surface area (Å²) in [6.07, 6.45) is 9.23. The fraction of sp³-hybridized carbons (Fsp3) is 0.395. The molecule has 57 heavy (non-hydrogen) atoms. The number of amides is 3. The molecule has 0 unspecified atom stereocenters. The second-order valence-electron chi connectivity index (χ2n) is 15.1. The van der Waals surface area contributed by atoms with Crippen LogP contribution in [0.5, 0.6) is 0 Å². The molecule has 2 saturated heterocycles. The second kappa shape index (κ2) is 17.4. The third-order valence-corrected chi connectivity index (χ3v) is 11.1. The van der Waals surface area contributed by atoms with E-state index in [9.17, 15) is 14.4 Å². The number of benzene rings is 2. The molecule has 0 bridgehead atoms. The quantitative estimate of drug-likeness (QED) is 0.101. The number of rotatable bonds is 13. The molecule has 5 atom stereocenters. The molecule has 5 aromatic rings. The summed E-state index contributed by atoms with van der Waals surface area (Å²) in [6, 6.07) is 18.8. The van der Waals surface area contributed by atoms with Crippen LogP contribution in [0.3, 0.4) is 0 Å². The number of alkyl carbamates (subject to hydrolysis) is 1. The summed E-state index contributed by atoms with van der Waals surface area (Å²) < 4.78 is 10.2. The molecule has 3 aromatic heterocycles. The molecular weight excluding hydrogens is 723 g/mol. The molecule has 2 aliphatic rings. The summed E-state index contributed by atoms with van der Waals surface area (Å²) in [7, 11) is 2.77. The van der Waals surface area contributed by atoms with Gasteiger partial charge in [0, 0.05) is 32.6 Å². The van der Waals surface area contributed by atoms with Gasteiger partial charge >= 0.3 is 6.09 Å². The van der Waals surface area contributed by atoms with Crippen molar-refractivity contribution in [1.29, 1.82) is 0 Å². The number of hydrogen-bond acceptors (Lipinski definition) is 9. The number of imidazole rings is 2. The van der Waals surface area contributed by atoms with E-state index >= 15 is 0 Å². The Bertz CT molecular complexity index is 2130. The van der Waals surface area contributed by atoms with Crippen LogP contribution in [0.4, 0.5) is 10.5 Å². The first kappa shape index (κ1) is 39.2. The second-order valence-corrected chi connectivity index (χ2v) is 15.1. The SMILES string of the molecule is COC(=O)N[C@H](C(=O)N1CCC[C@H]1c1ncc(-c2ccc(-c3ccc(-c4cnc([C@@H]5CCCN5C(=O)[C@@H](Nc5cccnc5)C(C)C)[nH]4)cc3)cc2)[nH]1)[C@@H](C)OC. The number of ether oxygens (including phenoxy) is 2. The Morgan fingerprint density at radius 1 is 0.719 bits per heavy atom. The molecule has 7 rings (SSSR count). The van der Waals surface area contributed by atoms with Crippen LogP contribution in [-0.2, 0) is 19.1 Å². The number of hydrogen-bond donors (Lipinski definition) is 4. The predicted molar refractivity (Wildman–Crippen MR) is 217 cm³/mol. The van der Waals surface area contributed by atoms with Gasteiger partial charge in [-0.1, -0.05) is 62.4 Å². The maximum Gasteiger partial charge on any atom is 0.407 e. The Labute approximate surface area is 332 Å². The number of anilines is 1. The van der Waals surface area contributed by atoms with Gasteiger partial charge in [-0.3, -0.25) is 14.6 Å². The molecule has 14 heteroatoms. The summed E-state index contributed by atoms with van der Waals surface area (Å²) >= 11 is 0. The fourth-order valence-corrected chi connectivity index (χ4v) is 7.82. The lowest BCUT2D eigenvalue weighted by Gasteiger charge is -2.30. The van der Waals surface area contributed by atoms with E-state index in [1.165, 1.54) is 14.2 Å². The lowest BCUT2D eigenvalue weighted by atomic mass is 10.0. The van der Waals surface area contributed by atoms with Crippen molar-refractivity contribution in [2.45, 2.75) is 76.7 Å². The zero-order chi connectivity index (χ0) is 40.1. The zero-order valence-electron chi connectivity index (χ0n) is 33.1. The van der Waals surface area contributed by atoms with Crippen molar-refractivity contribution in [1.82, 2.24) is 40.0 Å². The van der Waals surface area contributed by atoms with Crippen molar-refractivity contribution in [3.05, 3.63) is 97.1 Å². The number of likely N-dealkylation sites (tertiary alicyclic amines) is 2. The maximum absolute atomic E-state index is 13.9. The number of nitrogens with zero attached hydrogens (tertiary/aromatic N) is 5. The number of aromatic amines is 2. The van der Waals surface area contributed by atoms with E-state index in [1.807, 2.05) is 23.2 Å². The third-order valence-electron chi connectivity index (χ3n) is 11.1.